The second-order valence-corrected chi connectivity index (χ2v) is 7.27. The summed E-state index contributed by atoms with van der Waals surface area (Å²) in [6.07, 6.45) is 5.27. The van der Waals surface area contributed by atoms with E-state index >= 15 is 0 Å². The van der Waals surface area contributed by atoms with Crippen molar-refractivity contribution >= 4 is 27.8 Å². The topological polar surface area (TPSA) is 81.8 Å². The lowest BCUT2D eigenvalue weighted by Crippen LogP contribution is -2.21. The fraction of sp³-hybridized carbons (Fsp3) is 0.0833. The highest BCUT2D eigenvalue weighted by molar-refractivity contribution is 6.04. The second kappa shape index (κ2) is 7.21. The molecule has 1 N–H and O–H groups in total. The van der Waals surface area contributed by atoms with Crippen LogP contribution in [0.4, 0.5) is 0 Å². The Labute approximate surface area is 177 Å². The summed E-state index contributed by atoms with van der Waals surface area (Å²) in [6.45, 7) is 0. The summed E-state index contributed by atoms with van der Waals surface area (Å²) in [6, 6.07) is 16.9. The summed E-state index contributed by atoms with van der Waals surface area (Å²) in [5.74, 6) is -0.174. The number of amides is 1. The molecular weight excluding hydrogens is 390 g/mol. The van der Waals surface area contributed by atoms with E-state index in [9.17, 15) is 9.59 Å². The van der Waals surface area contributed by atoms with Crippen molar-refractivity contribution in [3.63, 3.8) is 0 Å². The first-order chi connectivity index (χ1) is 15.1. The molecule has 1 amide bonds. The van der Waals surface area contributed by atoms with Gasteiger partial charge in [0.2, 0.25) is 0 Å². The molecule has 0 bridgehead atoms. The molecule has 0 spiro atoms. The smallest absolute Gasteiger partial charge is 0.333 e. The predicted molar refractivity (Wildman–Crippen MR) is 120 cm³/mol. The lowest BCUT2D eigenvalue weighted by molar-refractivity contribution is 0.0963. The maximum Gasteiger partial charge on any atom is 0.333 e. The number of nitrogens with one attached hydrogen (secondary N) is 1. The number of fused-ring (bicyclic) bond motifs is 3. The van der Waals surface area contributed by atoms with Crippen LogP contribution in [0, 0.1) is 0 Å². The first-order valence-electron chi connectivity index (χ1n) is 9.81. The van der Waals surface area contributed by atoms with Gasteiger partial charge in [0, 0.05) is 43.0 Å². The largest absolute Gasteiger partial charge is 0.355 e. The molecule has 0 radical (unpaired) electrons. The Balaban J connectivity index is 1.80. The average Bonchev–Trinajstić information content (AvgIpc) is 3.09. The van der Waals surface area contributed by atoms with Crippen molar-refractivity contribution in [2.75, 3.05) is 7.05 Å². The zero-order valence-electron chi connectivity index (χ0n) is 17.0. The summed E-state index contributed by atoms with van der Waals surface area (Å²) in [5.41, 5.74) is 5.32. The van der Waals surface area contributed by atoms with E-state index in [1.807, 2.05) is 36.5 Å². The number of rotatable bonds is 3. The fourth-order valence-electron chi connectivity index (χ4n) is 3.86. The van der Waals surface area contributed by atoms with Gasteiger partial charge in [0.1, 0.15) is 0 Å². The number of hydrogen-bond donors (Lipinski definition) is 1. The minimum atomic E-state index is -0.177. The lowest BCUT2D eigenvalue weighted by Gasteiger charge is -2.08. The van der Waals surface area contributed by atoms with E-state index in [0.29, 0.717) is 11.3 Å². The first kappa shape index (κ1) is 18.7. The minimum absolute atomic E-state index is 0.174. The molecule has 152 valence electrons. The van der Waals surface area contributed by atoms with Crippen LogP contribution >= 0.6 is 0 Å². The highest BCUT2D eigenvalue weighted by Gasteiger charge is 2.17. The Kier molecular flexibility index (Phi) is 4.36. The van der Waals surface area contributed by atoms with Crippen LogP contribution in [0.2, 0.25) is 0 Å². The molecule has 0 fully saturated rings. The van der Waals surface area contributed by atoms with Crippen LogP contribution in [-0.2, 0) is 7.05 Å². The van der Waals surface area contributed by atoms with Gasteiger partial charge in [-0.15, -0.1) is 0 Å². The molecule has 0 aliphatic rings. The van der Waals surface area contributed by atoms with Gasteiger partial charge in [0.05, 0.1) is 28.4 Å². The highest BCUT2D eigenvalue weighted by Crippen LogP contribution is 2.29. The summed E-state index contributed by atoms with van der Waals surface area (Å²) < 4.78 is 3.26. The molecule has 31 heavy (non-hydrogen) atoms. The molecule has 5 rings (SSSR count). The number of nitrogens with zero attached hydrogens (tertiary/aromatic N) is 4. The lowest BCUT2D eigenvalue weighted by atomic mass is 10.0. The minimum Gasteiger partial charge on any atom is -0.355 e. The van der Waals surface area contributed by atoms with Gasteiger partial charge in [-0.25, -0.2) is 4.79 Å². The van der Waals surface area contributed by atoms with E-state index in [2.05, 4.69) is 15.3 Å². The van der Waals surface area contributed by atoms with Crippen molar-refractivity contribution in [1.29, 1.82) is 0 Å². The van der Waals surface area contributed by atoms with E-state index < -0.39 is 0 Å². The van der Waals surface area contributed by atoms with Crippen LogP contribution in [0.25, 0.3) is 38.8 Å². The molecule has 7 heteroatoms. The number of imidazole rings is 1. The van der Waals surface area contributed by atoms with Crippen LogP contribution in [0.15, 0.2) is 78.0 Å². The van der Waals surface area contributed by atoms with Gasteiger partial charge < -0.3 is 5.32 Å². The first-order valence-corrected chi connectivity index (χ1v) is 9.81. The standard InChI is InChI=1S/C24H19N5O2/c1-25-23(30)15-5-8-18(9-6-15)29-22-19-12-16(17-4-3-11-26-13-17)7-10-20(19)27-14-21(22)28(2)24(29)31/h3-14H,1-2H3,(H,25,30). The predicted octanol–water partition coefficient (Wildman–Crippen LogP) is 3.30. The Hall–Kier alpha value is -4.26. The van der Waals surface area contributed by atoms with Gasteiger partial charge in [0.25, 0.3) is 5.91 Å². The fourth-order valence-corrected chi connectivity index (χ4v) is 3.86. The van der Waals surface area contributed by atoms with Crippen LogP contribution in [-0.4, -0.2) is 32.1 Å². The molecule has 7 nitrogen and oxygen atoms in total. The maximum absolute atomic E-state index is 13.2. The maximum atomic E-state index is 13.2. The second-order valence-electron chi connectivity index (χ2n) is 7.27. The Morgan fingerprint density at radius 3 is 2.52 bits per heavy atom. The number of pyridine rings is 2. The Morgan fingerprint density at radius 1 is 1.00 bits per heavy atom. The summed E-state index contributed by atoms with van der Waals surface area (Å²) in [7, 11) is 3.32. The Bertz CT molecular complexity index is 1500. The monoisotopic (exact) mass is 409 g/mol. The van der Waals surface area contributed by atoms with Gasteiger partial charge in [0.15, 0.2) is 0 Å². The van der Waals surface area contributed by atoms with E-state index in [4.69, 9.17) is 0 Å². The number of hydrogen-bond acceptors (Lipinski definition) is 4. The molecule has 5 aromatic rings. The molecule has 0 saturated heterocycles. The number of aryl methyl sites for hydroxylation is 1. The third kappa shape index (κ3) is 2.98. The average molecular weight is 409 g/mol. The van der Waals surface area contributed by atoms with Crippen molar-refractivity contribution in [1.82, 2.24) is 24.4 Å². The van der Waals surface area contributed by atoms with Crippen LogP contribution in [0.5, 0.6) is 0 Å². The van der Waals surface area contributed by atoms with Crippen LogP contribution in [0.3, 0.4) is 0 Å². The van der Waals surface area contributed by atoms with Gasteiger partial charge in [-0.3, -0.25) is 23.9 Å². The van der Waals surface area contributed by atoms with Crippen molar-refractivity contribution in [3.05, 3.63) is 89.2 Å². The molecule has 0 atom stereocenters. The summed E-state index contributed by atoms with van der Waals surface area (Å²) in [4.78, 5) is 33.8. The van der Waals surface area contributed by atoms with Crippen molar-refractivity contribution in [3.8, 4) is 16.8 Å². The van der Waals surface area contributed by atoms with E-state index in [1.54, 1.807) is 59.9 Å². The van der Waals surface area contributed by atoms with Crippen molar-refractivity contribution in [2.45, 2.75) is 0 Å². The molecule has 3 aromatic heterocycles. The molecule has 3 heterocycles. The zero-order valence-corrected chi connectivity index (χ0v) is 17.0. The van der Waals surface area contributed by atoms with Gasteiger partial charge in [-0.05, 0) is 48.0 Å². The quantitative estimate of drug-likeness (QED) is 0.496. The number of carbonyl (C=O) groups excluding carboxylic acids is 1. The Morgan fingerprint density at radius 2 is 1.81 bits per heavy atom. The zero-order chi connectivity index (χ0) is 21.5. The molecule has 0 aliphatic carbocycles. The molecule has 0 unspecified atom stereocenters. The van der Waals surface area contributed by atoms with Gasteiger partial charge >= 0.3 is 5.69 Å². The van der Waals surface area contributed by atoms with Crippen molar-refractivity contribution < 1.29 is 4.79 Å². The van der Waals surface area contributed by atoms with E-state index in [-0.39, 0.29) is 11.6 Å². The molecule has 2 aromatic carbocycles. The number of carbonyl (C=O) groups is 1. The van der Waals surface area contributed by atoms with Gasteiger partial charge in [-0.2, -0.15) is 0 Å². The number of benzene rings is 2. The molecular formula is C24H19N5O2. The third-order valence-electron chi connectivity index (χ3n) is 5.49. The summed E-state index contributed by atoms with van der Waals surface area (Å²) in [5, 5.41) is 3.47. The van der Waals surface area contributed by atoms with E-state index in [0.717, 1.165) is 33.1 Å². The van der Waals surface area contributed by atoms with Crippen LogP contribution in [0.1, 0.15) is 10.4 Å². The number of aromatic nitrogens is 4. The molecule has 0 saturated carbocycles. The third-order valence-corrected chi connectivity index (χ3v) is 5.49. The summed E-state index contributed by atoms with van der Waals surface area (Å²) >= 11 is 0. The van der Waals surface area contributed by atoms with Gasteiger partial charge in [-0.1, -0.05) is 12.1 Å². The normalized spacial score (nSPS) is 11.2. The highest BCUT2D eigenvalue weighted by atomic mass is 16.2. The van der Waals surface area contributed by atoms with Crippen molar-refractivity contribution in [2.24, 2.45) is 7.05 Å². The SMILES string of the molecule is CNC(=O)c1ccc(-n2c(=O)n(C)c3cnc4ccc(-c5cccnc5)cc4c32)cc1. The van der Waals surface area contributed by atoms with E-state index in [1.165, 1.54) is 0 Å². The van der Waals surface area contributed by atoms with Crippen LogP contribution < -0.4 is 11.0 Å². The molecule has 0 aliphatic heterocycles.